The van der Waals surface area contributed by atoms with Gasteiger partial charge in [0.2, 0.25) is 17.8 Å². The molecule has 4 heterocycles. The molecule has 2 aliphatic heterocycles. The Morgan fingerprint density at radius 2 is 1.51 bits per heavy atom. The third kappa shape index (κ3) is 5.31. The first-order chi connectivity index (χ1) is 19.1. The SMILES string of the molecule is COc1ccc(NC2CCN(c3nc(N4CCOCC4)nc(-n4c(C(F)F)cc5ccccc54)n3)CC2)cc1. The van der Waals surface area contributed by atoms with Gasteiger partial charge in [-0.1, -0.05) is 18.2 Å². The van der Waals surface area contributed by atoms with Gasteiger partial charge in [-0.15, -0.1) is 0 Å². The molecule has 0 unspecified atom stereocenters. The van der Waals surface area contributed by atoms with Gasteiger partial charge in [-0.05, 0) is 49.2 Å². The Bertz CT molecular complexity index is 1420. The smallest absolute Gasteiger partial charge is 0.278 e. The molecule has 0 spiro atoms. The molecule has 2 aromatic carbocycles. The summed E-state index contributed by atoms with van der Waals surface area (Å²) in [5, 5.41) is 4.31. The van der Waals surface area contributed by atoms with E-state index in [1.165, 1.54) is 10.6 Å². The monoisotopic (exact) mass is 535 g/mol. The molecule has 0 amide bonds. The number of benzene rings is 2. The van der Waals surface area contributed by atoms with Gasteiger partial charge in [0.15, 0.2) is 0 Å². The Balaban J connectivity index is 1.30. The number of rotatable bonds is 7. The van der Waals surface area contributed by atoms with Crippen LogP contribution in [0.15, 0.2) is 54.6 Å². The highest BCUT2D eigenvalue weighted by molar-refractivity contribution is 5.83. The second-order valence-electron chi connectivity index (χ2n) is 9.73. The summed E-state index contributed by atoms with van der Waals surface area (Å²) in [4.78, 5) is 18.4. The summed E-state index contributed by atoms with van der Waals surface area (Å²) >= 11 is 0. The third-order valence-corrected chi connectivity index (χ3v) is 7.30. The van der Waals surface area contributed by atoms with Crippen LogP contribution in [0.4, 0.5) is 26.4 Å². The number of ether oxygens (including phenoxy) is 2. The van der Waals surface area contributed by atoms with Gasteiger partial charge < -0.3 is 24.6 Å². The summed E-state index contributed by atoms with van der Waals surface area (Å²) < 4.78 is 40.6. The molecule has 2 saturated heterocycles. The first-order valence-corrected chi connectivity index (χ1v) is 13.2. The Labute approximate surface area is 225 Å². The second kappa shape index (κ2) is 11.0. The number of hydrogen-bond acceptors (Lipinski definition) is 8. The van der Waals surface area contributed by atoms with Gasteiger partial charge in [0.1, 0.15) is 5.75 Å². The van der Waals surface area contributed by atoms with E-state index >= 15 is 0 Å². The van der Waals surface area contributed by atoms with Gasteiger partial charge in [-0.25, -0.2) is 8.78 Å². The zero-order valence-corrected chi connectivity index (χ0v) is 21.8. The molecule has 0 saturated carbocycles. The second-order valence-corrected chi connectivity index (χ2v) is 9.73. The lowest BCUT2D eigenvalue weighted by Crippen LogP contribution is -2.41. The molecule has 6 rings (SSSR count). The Kier molecular flexibility index (Phi) is 7.14. The van der Waals surface area contributed by atoms with E-state index in [2.05, 4.69) is 10.2 Å². The maximum Gasteiger partial charge on any atom is 0.278 e. The van der Waals surface area contributed by atoms with E-state index in [1.807, 2.05) is 53.4 Å². The van der Waals surface area contributed by atoms with Crippen molar-refractivity contribution in [3.05, 3.63) is 60.3 Å². The lowest BCUT2D eigenvalue weighted by molar-refractivity contribution is 0.122. The van der Waals surface area contributed by atoms with Gasteiger partial charge in [-0.3, -0.25) is 4.57 Å². The number of para-hydroxylation sites is 1. The zero-order valence-electron chi connectivity index (χ0n) is 21.8. The van der Waals surface area contributed by atoms with E-state index < -0.39 is 6.43 Å². The van der Waals surface area contributed by atoms with Crippen molar-refractivity contribution in [2.24, 2.45) is 0 Å². The van der Waals surface area contributed by atoms with Crippen LogP contribution in [0, 0.1) is 0 Å². The van der Waals surface area contributed by atoms with Crippen LogP contribution in [0.5, 0.6) is 5.75 Å². The highest BCUT2D eigenvalue weighted by Crippen LogP contribution is 2.31. The molecule has 4 aromatic rings. The fourth-order valence-corrected chi connectivity index (χ4v) is 5.20. The number of aromatic nitrogens is 4. The van der Waals surface area contributed by atoms with Gasteiger partial charge in [0, 0.05) is 43.3 Å². The van der Waals surface area contributed by atoms with E-state index in [9.17, 15) is 8.78 Å². The van der Waals surface area contributed by atoms with Crippen LogP contribution in [0.25, 0.3) is 16.9 Å². The van der Waals surface area contributed by atoms with Crippen molar-refractivity contribution in [2.75, 3.05) is 61.6 Å². The highest BCUT2D eigenvalue weighted by Gasteiger charge is 2.26. The largest absolute Gasteiger partial charge is 0.497 e. The van der Waals surface area contributed by atoms with Gasteiger partial charge in [0.05, 0.1) is 31.5 Å². The average Bonchev–Trinajstić information content (AvgIpc) is 3.38. The average molecular weight is 536 g/mol. The van der Waals surface area contributed by atoms with E-state index in [-0.39, 0.29) is 11.6 Å². The molecule has 2 aromatic heterocycles. The maximum atomic E-state index is 14.2. The summed E-state index contributed by atoms with van der Waals surface area (Å²) in [6.45, 7) is 3.85. The molecule has 39 heavy (non-hydrogen) atoms. The first kappa shape index (κ1) is 25.3. The first-order valence-electron chi connectivity index (χ1n) is 13.2. The minimum Gasteiger partial charge on any atom is -0.497 e. The number of anilines is 3. The van der Waals surface area contributed by atoms with Crippen molar-refractivity contribution in [1.82, 2.24) is 19.5 Å². The number of methoxy groups -OCH3 is 1. The van der Waals surface area contributed by atoms with Crippen molar-refractivity contribution in [1.29, 1.82) is 0 Å². The molecule has 0 bridgehead atoms. The predicted molar refractivity (Wildman–Crippen MR) is 147 cm³/mol. The van der Waals surface area contributed by atoms with Crippen molar-refractivity contribution in [2.45, 2.75) is 25.3 Å². The summed E-state index contributed by atoms with van der Waals surface area (Å²) in [5.74, 6) is 2.01. The lowest BCUT2D eigenvalue weighted by Gasteiger charge is -2.34. The number of nitrogens with one attached hydrogen (secondary N) is 1. The fourth-order valence-electron chi connectivity index (χ4n) is 5.20. The number of nitrogens with zero attached hydrogens (tertiary/aromatic N) is 6. The Hall–Kier alpha value is -3.99. The molecule has 9 nitrogen and oxygen atoms in total. The zero-order chi connectivity index (χ0) is 26.8. The number of alkyl halides is 2. The predicted octanol–water partition coefficient (Wildman–Crippen LogP) is 4.68. The number of hydrogen-bond donors (Lipinski definition) is 1. The molecule has 11 heteroatoms. The third-order valence-electron chi connectivity index (χ3n) is 7.30. The van der Waals surface area contributed by atoms with Crippen LogP contribution in [-0.2, 0) is 4.74 Å². The molecule has 0 radical (unpaired) electrons. The van der Waals surface area contributed by atoms with Crippen molar-refractivity contribution in [3.63, 3.8) is 0 Å². The van der Waals surface area contributed by atoms with Gasteiger partial charge in [0.25, 0.3) is 6.43 Å². The normalized spacial score (nSPS) is 16.7. The Morgan fingerprint density at radius 1 is 0.872 bits per heavy atom. The number of halogens is 2. The Morgan fingerprint density at radius 3 is 2.18 bits per heavy atom. The van der Waals surface area contributed by atoms with Crippen molar-refractivity contribution in [3.8, 4) is 11.7 Å². The van der Waals surface area contributed by atoms with Crippen molar-refractivity contribution < 1.29 is 18.3 Å². The number of piperidine rings is 1. The van der Waals surface area contributed by atoms with Crippen LogP contribution >= 0.6 is 0 Å². The van der Waals surface area contributed by atoms with Crippen LogP contribution < -0.4 is 19.9 Å². The summed E-state index contributed by atoms with van der Waals surface area (Å²) in [6.07, 6.45) is -0.909. The molecular formula is C28H31F2N7O2. The van der Waals surface area contributed by atoms with E-state index in [0.29, 0.717) is 55.1 Å². The summed E-state index contributed by atoms with van der Waals surface area (Å²) in [6, 6.07) is 17.0. The van der Waals surface area contributed by atoms with E-state index in [4.69, 9.17) is 24.4 Å². The van der Waals surface area contributed by atoms with Crippen LogP contribution in [0.2, 0.25) is 0 Å². The quantitative estimate of drug-likeness (QED) is 0.366. The molecule has 2 aliphatic rings. The molecule has 1 N–H and O–H groups in total. The van der Waals surface area contributed by atoms with Gasteiger partial charge >= 0.3 is 0 Å². The molecule has 0 atom stereocenters. The molecule has 0 aliphatic carbocycles. The maximum absolute atomic E-state index is 14.2. The summed E-state index contributed by atoms with van der Waals surface area (Å²) in [5.41, 5.74) is 1.55. The van der Waals surface area contributed by atoms with Gasteiger partial charge in [-0.2, -0.15) is 15.0 Å². The van der Waals surface area contributed by atoms with Crippen LogP contribution in [-0.4, -0.2) is 72.1 Å². The highest BCUT2D eigenvalue weighted by atomic mass is 19.3. The lowest BCUT2D eigenvalue weighted by atomic mass is 10.0. The van der Waals surface area contributed by atoms with Crippen LogP contribution in [0.1, 0.15) is 25.0 Å². The van der Waals surface area contributed by atoms with Crippen LogP contribution in [0.3, 0.4) is 0 Å². The summed E-state index contributed by atoms with van der Waals surface area (Å²) in [7, 11) is 1.66. The molecule has 2 fully saturated rings. The number of morpholine rings is 1. The molecular weight excluding hydrogens is 504 g/mol. The minimum absolute atomic E-state index is 0.135. The van der Waals surface area contributed by atoms with E-state index in [0.717, 1.165) is 37.4 Å². The number of fused-ring (bicyclic) bond motifs is 1. The van der Waals surface area contributed by atoms with Crippen molar-refractivity contribution >= 4 is 28.5 Å². The molecule has 204 valence electrons. The fraction of sp³-hybridized carbons (Fsp3) is 0.393. The topological polar surface area (TPSA) is 80.6 Å². The standard InChI is InChI=1S/C28H31F2N7O2/c1-38-22-8-6-20(7-9-22)31-21-10-12-35(13-11-21)26-32-27(36-14-16-39-17-15-36)34-28(33-26)37-23-5-3-2-4-19(23)18-24(37)25(29)30/h2-9,18,21,25,31H,10-17H2,1H3. The van der Waals surface area contributed by atoms with E-state index in [1.54, 1.807) is 7.11 Å². The minimum atomic E-state index is -2.68.